The SMILES string of the molecule is CC1/C=C/C=C/C=C/C=C/C=C/C=C/C=CC(OC2OC(C)C(C)C(N)C2O)CC2OC(O)(CC(O)CC(O)C(O)CCC(O)CC(O)CC(=O)OC(C)C(C)C1O)CC(O)C2C(=O)O. The zero-order valence-corrected chi connectivity index (χ0v) is 38.1. The lowest BCUT2D eigenvalue weighted by atomic mass is 9.82. The summed E-state index contributed by atoms with van der Waals surface area (Å²) < 4.78 is 23.6. The molecule has 2 saturated heterocycles. The van der Waals surface area contributed by atoms with Crippen molar-refractivity contribution in [1.29, 1.82) is 0 Å². The first-order valence-electron chi connectivity index (χ1n) is 22.6. The molecule has 3 rings (SSSR count). The molecule has 2 fully saturated rings. The van der Waals surface area contributed by atoms with Gasteiger partial charge in [0.05, 0.1) is 67.5 Å². The lowest BCUT2D eigenvalue weighted by Gasteiger charge is -2.45. The number of carbonyl (C=O) groups is 2. The number of nitrogens with two attached hydrogens (primary N) is 1. The van der Waals surface area contributed by atoms with Gasteiger partial charge in [0.25, 0.3) is 0 Å². The highest BCUT2D eigenvalue weighted by Gasteiger charge is 2.51. The average Bonchev–Trinajstić information content (AvgIpc) is 3.21. The van der Waals surface area contributed by atoms with Crippen LogP contribution in [0.1, 0.15) is 86.0 Å². The van der Waals surface area contributed by atoms with E-state index >= 15 is 0 Å². The highest BCUT2D eigenvalue weighted by atomic mass is 16.7. The summed E-state index contributed by atoms with van der Waals surface area (Å²) in [7, 11) is 0. The van der Waals surface area contributed by atoms with Crippen LogP contribution in [0.2, 0.25) is 0 Å². The molecule has 19 atom stereocenters. The zero-order chi connectivity index (χ0) is 48.4. The van der Waals surface area contributed by atoms with Gasteiger partial charge in [-0.2, -0.15) is 0 Å². The Morgan fingerprint density at radius 3 is 1.82 bits per heavy atom. The quantitative estimate of drug-likeness (QED) is 0.180. The third-order valence-electron chi connectivity index (χ3n) is 12.5. The molecule has 0 aromatic heterocycles. The molecule has 0 aromatic rings. The number of aliphatic hydroxyl groups excluding tert-OH is 8. The Morgan fingerprint density at radius 2 is 1.23 bits per heavy atom. The van der Waals surface area contributed by atoms with E-state index in [-0.39, 0.29) is 37.5 Å². The van der Waals surface area contributed by atoms with Gasteiger partial charge in [0.1, 0.15) is 18.1 Å². The van der Waals surface area contributed by atoms with Crippen LogP contribution >= 0.6 is 0 Å². The Balaban J connectivity index is 1.86. The molecule has 0 aliphatic carbocycles. The zero-order valence-electron chi connectivity index (χ0n) is 38.1. The van der Waals surface area contributed by atoms with E-state index in [9.17, 15) is 60.7 Å². The molecular formula is C48H75NO16. The summed E-state index contributed by atoms with van der Waals surface area (Å²) in [6, 6.07) is -0.704. The Kier molecular flexibility index (Phi) is 23.6. The van der Waals surface area contributed by atoms with Crippen molar-refractivity contribution < 1.29 is 79.6 Å². The first-order valence-corrected chi connectivity index (χ1v) is 22.6. The van der Waals surface area contributed by atoms with Crippen molar-refractivity contribution in [3.63, 3.8) is 0 Å². The third kappa shape index (κ3) is 18.7. The fraction of sp³-hybridized carbons (Fsp3) is 0.667. The van der Waals surface area contributed by atoms with E-state index in [4.69, 9.17) is 24.7 Å². The summed E-state index contributed by atoms with van der Waals surface area (Å²) >= 11 is 0. The minimum absolute atomic E-state index is 0.0948. The maximum absolute atomic E-state index is 12.6. The molecule has 17 nitrogen and oxygen atoms in total. The van der Waals surface area contributed by atoms with Crippen LogP contribution in [0.15, 0.2) is 85.1 Å². The molecule has 17 heteroatoms. The largest absolute Gasteiger partial charge is 0.481 e. The van der Waals surface area contributed by atoms with Gasteiger partial charge in [-0.1, -0.05) is 106 Å². The number of hydrogen-bond acceptors (Lipinski definition) is 16. The van der Waals surface area contributed by atoms with Crippen LogP contribution in [0, 0.1) is 23.7 Å². The molecule has 65 heavy (non-hydrogen) atoms. The third-order valence-corrected chi connectivity index (χ3v) is 12.5. The standard InChI is InChI=1S/C48H75NO16/c1-28-18-16-14-12-10-8-6-7-9-11-13-15-17-19-36(64-47-45(58)43(49)29(2)31(4)63-47)25-40-42(46(59)60)39(55)27-48(61,65-40)26-35(52)23-38(54)37(53)21-20-33(50)22-34(51)24-41(56)62-32(5)30(3)44(28)57/h6-19,28-40,42-45,47,50-55,57-58,61H,20-27,49H2,1-5H3,(H,59,60)/b7-6+,10-8+,11-9+,14-12+,15-13+,18-16+,19-17?. The molecule has 368 valence electrons. The van der Waals surface area contributed by atoms with Crippen LogP contribution in [-0.4, -0.2) is 154 Å². The Hall–Kier alpha value is -3.40. The van der Waals surface area contributed by atoms with Gasteiger partial charge in [-0.3, -0.25) is 9.59 Å². The first-order chi connectivity index (χ1) is 30.6. The maximum atomic E-state index is 12.6. The van der Waals surface area contributed by atoms with E-state index in [1.54, 1.807) is 69.4 Å². The van der Waals surface area contributed by atoms with Crippen molar-refractivity contribution in [3.8, 4) is 0 Å². The molecule has 3 aliphatic rings. The minimum atomic E-state index is -2.29. The maximum Gasteiger partial charge on any atom is 0.311 e. The van der Waals surface area contributed by atoms with Gasteiger partial charge in [0.15, 0.2) is 12.1 Å². The number of esters is 1. The summed E-state index contributed by atoms with van der Waals surface area (Å²) in [5, 5.41) is 108. The van der Waals surface area contributed by atoms with Crippen LogP contribution in [0.4, 0.5) is 0 Å². The summed E-state index contributed by atoms with van der Waals surface area (Å²) in [5.74, 6) is -6.91. The van der Waals surface area contributed by atoms with Gasteiger partial charge < -0.3 is 75.7 Å². The van der Waals surface area contributed by atoms with Crippen molar-refractivity contribution in [3.05, 3.63) is 85.1 Å². The van der Waals surface area contributed by atoms with Crippen molar-refractivity contribution in [1.82, 2.24) is 0 Å². The smallest absolute Gasteiger partial charge is 0.311 e. The fourth-order valence-corrected chi connectivity index (χ4v) is 8.12. The number of carboxylic acids is 1. The second kappa shape index (κ2) is 27.4. The van der Waals surface area contributed by atoms with Gasteiger partial charge in [-0.15, -0.1) is 0 Å². The lowest BCUT2D eigenvalue weighted by molar-refractivity contribution is -0.307. The number of allylic oxidation sites excluding steroid dienone is 12. The molecule has 3 aliphatic heterocycles. The van der Waals surface area contributed by atoms with Crippen molar-refractivity contribution >= 4 is 11.9 Å². The Morgan fingerprint density at radius 1 is 0.662 bits per heavy atom. The molecule has 0 spiro atoms. The molecule has 0 amide bonds. The highest BCUT2D eigenvalue weighted by Crippen LogP contribution is 2.38. The van der Waals surface area contributed by atoms with E-state index in [1.165, 1.54) is 0 Å². The fourth-order valence-electron chi connectivity index (χ4n) is 8.12. The van der Waals surface area contributed by atoms with Crippen LogP contribution in [0.25, 0.3) is 0 Å². The number of rotatable bonds is 3. The highest BCUT2D eigenvalue weighted by molar-refractivity contribution is 5.71. The molecule has 0 aromatic carbocycles. The van der Waals surface area contributed by atoms with Gasteiger partial charge in [-0.25, -0.2) is 0 Å². The topological polar surface area (TPSA) is 299 Å². The van der Waals surface area contributed by atoms with Crippen molar-refractivity contribution in [2.75, 3.05) is 0 Å². The normalized spacial score (nSPS) is 45.0. The van der Waals surface area contributed by atoms with Crippen LogP contribution in [0.5, 0.6) is 0 Å². The van der Waals surface area contributed by atoms with E-state index < -0.39 is 141 Å². The second-order valence-electron chi connectivity index (χ2n) is 17.9. The predicted octanol–water partition coefficient (Wildman–Crippen LogP) is 1.99. The molecule has 3 heterocycles. The van der Waals surface area contributed by atoms with E-state index in [2.05, 4.69) is 0 Å². The Labute approximate surface area is 382 Å². The average molecular weight is 922 g/mol. The number of fused-ring (bicyclic) bond motifs is 2. The van der Waals surface area contributed by atoms with Gasteiger partial charge in [0.2, 0.25) is 0 Å². The number of carboxylic acid groups (broad SMARTS) is 1. The second-order valence-corrected chi connectivity index (χ2v) is 17.9. The molecule has 2 bridgehead atoms. The predicted molar refractivity (Wildman–Crippen MR) is 240 cm³/mol. The monoisotopic (exact) mass is 922 g/mol. The van der Waals surface area contributed by atoms with Crippen molar-refractivity contribution in [2.24, 2.45) is 29.4 Å². The van der Waals surface area contributed by atoms with Crippen LogP contribution in [-0.2, 0) is 28.5 Å². The van der Waals surface area contributed by atoms with Crippen LogP contribution < -0.4 is 5.73 Å². The summed E-state index contributed by atoms with van der Waals surface area (Å²) in [4.78, 5) is 25.1. The number of ether oxygens (including phenoxy) is 4. The van der Waals surface area contributed by atoms with Gasteiger partial charge >= 0.3 is 11.9 Å². The summed E-state index contributed by atoms with van der Waals surface area (Å²) in [6.45, 7) is 8.84. The summed E-state index contributed by atoms with van der Waals surface area (Å²) in [6.07, 6.45) is 6.31. The Bertz CT molecular complexity index is 1660. The van der Waals surface area contributed by atoms with E-state index in [1.807, 2.05) is 50.3 Å². The minimum Gasteiger partial charge on any atom is -0.481 e. The van der Waals surface area contributed by atoms with E-state index in [0.717, 1.165) is 0 Å². The number of aliphatic hydroxyl groups is 9. The van der Waals surface area contributed by atoms with Gasteiger partial charge in [-0.05, 0) is 39.0 Å². The number of hydrogen-bond donors (Lipinski definition) is 11. The van der Waals surface area contributed by atoms with Crippen LogP contribution in [0.3, 0.4) is 0 Å². The first kappa shape index (κ1) is 55.9. The molecule has 19 unspecified atom stereocenters. The summed E-state index contributed by atoms with van der Waals surface area (Å²) in [5.41, 5.74) is 6.27. The van der Waals surface area contributed by atoms with Crippen molar-refractivity contribution in [2.45, 2.75) is 177 Å². The van der Waals surface area contributed by atoms with E-state index in [0.29, 0.717) is 0 Å². The number of carbonyl (C=O) groups excluding carboxylic acids is 1. The number of aliphatic carboxylic acids is 1. The molecule has 0 radical (unpaired) electrons. The number of cyclic esters (lactones) is 1. The molecular weight excluding hydrogens is 847 g/mol. The molecule has 0 saturated carbocycles. The lowest BCUT2D eigenvalue weighted by Crippen LogP contribution is -2.58. The molecule has 12 N–H and O–H groups in total. The van der Waals surface area contributed by atoms with Gasteiger partial charge in [0, 0.05) is 43.6 Å².